The summed E-state index contributed by atoms with van der Waals surface area (Å²) < 4.78 is 32.1. The van der Waals surface area contributed by atoms with Crippen LogP contribution in [0.4, 0.5) is 0 Å². The molecule has 0 aromatic heterocycles. The quantitative estimate of drug-likeness (QED) is 0.0141. The molecule has 0 atom stereocenters. The van der Waals surface area contributed by atoms with Crippen molar-refractivity contribution in [3.05, 3.63) is 72.8 Å². The number of aromatic hydroxyl groups is 2. The Labute approximate surface area is 567 Å². The Kier molecular flexibility index (Phi) is 35.2. The SMILES string of the molecule is C=CC(=O)OCCCCOC(=O)c1cc(O)ccc1O.C=CC(=O)OCCCCOC(=O)c1cc(OC(=O)C2CCC(C3CCC(CCCC)CC3)CC2)ccc1OC(=O)C1CCC(C2CCC(CCCC)CC2)CC1.CCCC1CCC(C2CCC(C(=O)Cl)CC2)CC1. The number of esters is 6. The van der Waals surface area contributed by atoms with E-state index in [1.54, 1.807) is 12.1 Å². The second-order valence-corrected chi connectivity index (χ2v) is 28.6. The third-order valence-corrected chi connectivity index (χ3v) is 22.1. The minimum absolute atomic E-state index is 0.0634. The van der Waals surface area contributed by atoms with Crippen LogP contribution in [0.1, 0.15) is 273 Å². The molecule has 15 nitrogen and oxygen atoms in total. The average molecular weight is 1330 g/mol. The van der Waals surface area contributed by atoms with E-state index in [1.165, 1.54) is 159 Å². The first kappa shape index (κ1) is 77.3. The summed E-state index contributed by atoms with van der Waals surface area (Å²) in [5, 5.41) is 18.6. The Morgan fingerprint density at radius 1 is 0.426 bits per heavy atom. The highest BCUT2D eigenvalue weighted by Gasteiger charge is 2.37. The highest BCUT2D eigenvalue weighted by Crippen LogP contribution is 2.46. The summed E-state index contributed by atoms with van der Waals surface area (Å²) in [5.41, 5.74) is -0.0309. The lowest BCUT2D eigenvalue weighted by Crippen LogP contribution is -2.30. The van der Waals surface area contributed by atoms with Crippen molar-refractivity contribution in [3.63, 3.8) is 0 Å². The van der Waals surface area contributed by atoms with E-state index in [-0.39, 0.29) is 95.5 Å². The van der Waals surface area contributed by atoms with E-state index in [4.69, 9.17) is 40.0 Å². The summed E-state index contributed by atoms with van der Waals surface area (Å²) in [6.07, 6.45) is 43.5. The number of unbranched alkanes of at least 4 members (excludes halogenated alkanes) is 4. The minimum atomic E-state index is -0.721. The van der Waals surface area contributed by atoms with E-state index in [0.29, 0.717) is 37.5 Å². The van der Waals surface area contributed by atoms with E-state index >= 15 is 0 Å². The van der Waals surface area contributed by atoms with Crippen molar-refractivity contribution in [1.29, 1.82) is 0 Å². The van der Waals surface area contributed by atoms with Crippen LogP contribution in [0, 0.1) is 71.0 Å². The maximum atomic E-state index is 13.5. The predicted molar refractivity (Wildman–Crippen MR) is 366 cm³/mol. The van der Waals surface area contributed by atoms with Crippen LogP contribution in [0.5, 0.6) is 23.0 Å². The van der Waals surface area contributed by atoms with Crippen molar-refractivity contribution < 1.29 is 72.2 Å². The third kappa shape index (κ3) is 26.7. The zero-order valence-electron chi connectivity index (χ0n) is 57.3. The lowest BCUT2D eigenvalue weighted by Gasteiger charge is -2.37. The van der Waals surface area contributed by atoms with Gasteiger partial charge < -0.3 is 38.6 Å². The fourth-order valence-electron chi connectivity index (χ4n) is 16.0. The van der Waals surface area contributed by atoms with Crippen LogP contribution < -0.4 is 9.47 Å². The molecular formula is C78H115ClO15. The molecule has 0 amide bonds. The number of ether oxygens (including phenoxy) is 6. The zero-order valence-corrected chi connectivity index (χ0v) is 58.1. The molecule has 0 saturated heterocycles. The fourth-order valence-corrected chi connectivity index (χ4v) is 16.2. The maximum Gasteiger partial charge on any atom is 0.342 e. The van der Waals surface area contributed by atoms with E-state index < -0.39 is 23.9 Å². The molecule has 6 fully saturated rings. The Bertz CT molecular complexity index is 2640. The molecule has 524 valence electrons. The number of halogens is 1. The number of phenols is 2. The number of carbonyl (C=O) groups is 7. The van der Waals surface area contributed by atoms with Crippen LogP contribution in [0.2, 0.25) is 0 Å². The first-order valence-corrected chi connectivity index (χ1v) is 37.1. The van der Waals surface area contributed by atoms with Crippen LogP contribution in [0.3, 0.4) is 0 Å². The monoisotopic (exact) mass is 1330 g/mol. The van der Waals surface area contributed by atoms with Gasteiger partial charge in [0.05, 0.1) is 38.3 Å². The molecule has 6 aliphatic rings. The van der Waals surface area contributed by atoms with Gasteiger partial charge >= 0.3 is 35.8 Å². The van der Waals surface area contributed by atoms with Crippen LogP contribution in [0.15, 0.2) is 61.7 Å². The molecule has 6 saturated carbocycles. The van der Waals surface area contributed by atoms with Gasteiger partial charge in [-0.15, -0.1) is 0 Å². The van der Waals surface area contributed by atoms with E-state index in [1.807, 2.05) is 0 Å². The van der Waals surface area contributed by atoms with Crippen molar-refractivity contribution >= 4 is 52.7 Å². The molecule has 94 heavy (non-hydrogen) atoms. The summed E-state index contributed by atoms with van der Waals surface area (Å²) in [4.78, 5) is 85.2. The van der Waals surface area contributed by atoms with Gasteiger partial charge in [-0.25, -0.2) is 19.2 Å². The lowest BCUT2D eigenvalue weighted by atomic mass is 9.68. The van der Waals surface area contributed by atoms with Gasteiger partial charge in [0.15, 0.2) is 0 Å². The molecule has 2 aromatic rings. The van der Waals surface area contributed by atoms with Crippen molar-refractivity contribution in [2.45, 2.75) is 252 Å². The average Bonchev–Trinajstić information content (AvgIpc) is 0.901. The van der Waals surface area contributed by atoms with Gasteiger partial charge in [0.25, 0.3) is 0 Å². The third-order valence-electron chi connectivity index (χ3n) is 21.8. The molecule has 0 unspecified atom stereocenters. The fraction of sp³-hybridized carbons (Fsp3) is 0.705. The van der Waals surface area contributed by atoms with Gasteiger partial charge in [-0.1, -0.05) is 124 Å². The Hall–Kier alpha value is -5.70. The maximum absolute atomic E-state index is 13.5. The minimum Gasteiger partial charge on any atom is -0.508 e. The van der Waals surface area contributed by atoms with Crippen LogP contribution in [-0.4, -0.2) is 77.7 Å². The van der Waals surface area contributed by atoms with Gasteiger partial charge in [-0.05, 0) is 243 Å². The standard InChI is InChI=1S/C48H72O8.C16H27ClO.C14H16O6/c1-4-7-11-34-13-17-36(18-14-34)38-21-25-40(26-22-38)46(50)55-42-29-30-44(43(33-42)48(52)54-32-10-9-31-53-45(49)6-3)56-47(51)41-27-23-39(24-28-41)37-19-15-35(16-20-37)12-8-5-2;1-2-3-12-4-6-13(7-5-12)14-8-10-15(11-9-14)16(17)18;1-2-13(17)19-7-3-4-8-20-14(18)11-9-10(15)5-6-12(11)16/h6,29-30,33-41H,3-5,7-28,31-32H2,1-2H3;12-15H,2-11H2,1H3;2,5-6,9,15-16H,1,3-4,7-8H2. The van der Waals surface area contributed by atoms with Crippen molar-refractivity contribution in [2.24, 2.45) is 71.0 Å². The molecule has 8 rings (SSSR count). The smallest absolute Gasteiger partial charge is 0.342 e. The van der Waals surface area contributed by atoms with Crippen molar-refractivity contribution in [3.8, 4) is 23.0 Å². The Balaban J connectivity index is 0.000000297. The summed E-state index contributed by atoms with van der Waals surface area (Å²) in [7, 11) is 0. The van der Waals surface area contributed by atoms with Gasteiger partial charge in [-0.2, -0.15) is 0 Å². The van der Waals surface area contributed by atoms with E-state index in [0.717, 1.165) is 124 Å². The first-order chi connectivity index (χ1) is 45.5. The summed E-state index contributed by atoms with van der Waals surface area (Å²) in [6.45, 7) is 14.1. The molecule has 2 aromatic carbocycles. The van der Waals surface area contributed by atoms with Crippen LogP contribution >= 0.6 is 11.6 Å². The number of phenolic OH excluding ortho intramolecular Hbond substituents is 2. The van der Waals surface area contributed by atoms with Gasteiger partial charge in [0.1, 0.15) is 34.1 Å². The number of rotatable bonds is 30. The Morgan fingerprint density at radius 3 is 1.19 bits per heavy atom. The molecule has 16 heteroatoms. The molecular weight excluding hydrogens is 1210 g/mol. The van der Waals surface area contributed by atoms with E-state index in [2.05, 4.69) is 33.9 Å². The highest BCUT2D eigenvalue weighted by atomic mass is 35.5. The molecule has 2 N–H and O–H groups in total. The largest absolute Gasteiger partial charge is 0.508 e. The predicted octanol–water partition coefficient (Wildman–Crippen LogP) is 18.7. The lowest BCUT2D eigenvalue weighted by molar-refractivity contribution is -0.141. The summed E-state index contributed by atoms with van der Waals surface area (Å²) >= 11 is 5.61. The normalized spacial score (nSPS) is 26.0. The summed E-state index contributed by atoms with van der Waals surface area (Å²) in [6, 6.07) is 8.25. The van der Waals surface area contributed by atoms with Gasteiger partial charge in [0, 0.05) is 18.1 Å². The number of hydrogen-bond donors (Lipinski definition) is 2. The van der Waals surface area contributed by atoms with Crippen molar-refractivity contribution in [1.82, 2.24) is 0 Å². The van der Waals surface area contributed by atoms with Gasteiger partial charge in [-0.3, -0.25) is 14.4 Å². The number of benzene rings is 2. The van der Waals surface area contributed by atoms with Crippen molar-refractivity contribution in [2.75, 3.05) is 26.4 Å². The molecule has 0 bridgehead atoms. The first-order valence-electron chi connectivity index (χ1n) is 36.7. The molecule has 6 aliphatic carbocycles. The molecule has 0 spiro atoms. The number of hydrogen-bond acceptors (Lipinski definition) is 15. The summed E-state index contributed by atoms with van der Waals surface area (Å²) in [5.74, 6) is 4.38. The zero-order chi connectivity index (χ0) is 67.6. The van der Waals surface area contributed by atoms with Crippen LogP contribution in [-0.2, 0) is 42.9 Å². The molecule has 0 aliphatic heterocycles. The molecule has 0 radical (unpaired) electrons. The highest BCUT2D eigenvalue weighted by molar-refractivity contribution is 6.64. The van der Waals surface area contributed by atoms with Gasteiger partial charge in [0.2, 0.25) is 5.24 Å². The number of carbonyl (C=O) groups excluding carboxylic acids is 7. The second kappa shape index (κ2) is 42.8. The topological polar surface area (TPSA) is 215 Å². The second-order valence-electron chi connectivity index (χ2n) is 28.2. The van der Waals surface area contributed by atoms with Crippen LogP contribution in [0.25, 0.3) is 0 Å². The molecule has 0 heterocycles. The van der Waals surface area contributed by atoms with E-state index in [9.17, 15) is 43.8 Å². The Morgan fingerprint density at radius 2 is 0.798 bits per heavy atom.